The van der Waals surface area contributed by atoms with Gasteiger partial charge in [0, 0.05) is 38.2 Å². The largest absolute Gasteiger partial charge is 0.352 e. The first-order valence-electron chi connectivity index (χ1n) is 10.3. The van der Waals surface area contributed by atoms with Crippen LogP contribution in [0.3, 0.4) is 0 Å². The first kappa shape index (κ1) is 23.8. The molecule has 1 aliphatic heterocycles. The van der Waals surface area contributed by atoms with Gasteiger partial charge in [-0.25, -0.2) is 21.9 Å². The third-order valence-electron chi connectivity index (χ3n) is 5.25. The average Bonchev–Trinajstić information content (AvgIpc) is 2.77. The predicted molar refractivity (Wildman–Crippen MR) is 114 cm³/mol. The summed E-state index contributed by atoms with van der Waals surface area (Å²) in [4.78, 5) is 26.2. The Morgan fingerprint density at radius 1 is 1.03 bits per heavy atom. The number of nitrogens with one attached hydrogen (secondary N) is 2. The molecule has 10 heteroatoms. The molecule has 1 aliphatic rings. The lowest BCUT2D eigenvalue weighted by molar-refractivity contribution is -0.132. The van der Waals surface area contributed by atoms with Crippen LogP contribution in [0.5, 0.6) is 0 Å². The molecule has 0 aromatic heterocycles. The van der Waals surface area contributed by atoms with E-state index < -0.39 is 27.6 Å². The molecule has 1 saturated heterocycles. The van der Waals surface area contributed by atoms with E-state index in [1.807, 2.05) is 0 Å². The first-order valence-corrected chi connectivity index (χ1v) is 11.8. The molecule has 0 radical (unpaired) electrons. The lowest BCUT2D eigenvalue weighted by atomic mass is 10.1. The Balaban J connectivity index is 1.38. The number of hydrogen-bond donors (Lipinski definition) is 2. The summed E-state index contributed by atoms with van der Waals surface area (Å²) in [5.74, 6) is -2.45. The van der Waals surface area contributed by atoms with Crippen LogP contribution in [0.25, 0.3) is 0 Å². The Bertz CT molecular complexity index is 1060. The van der Waals surface area contributed by atoms with Crippen molar-refractivity contribution in [1.29, 1.82) is 0 Å². The Morgan fingerprint density at radius 2 is 1.72 bits per heavy atom. The van der Waals surface area contributed by atoms with Gasteiger partial charge in [-0.2, -0.15) is 0 Å². The van der Waals surface area contributed by atoms with Gasteiger partial charge in [-0.15, -0.1) is 0 Å². The summed E-state index contributed by atoms with van der Waals surface area (Å²) in [6.07, 6.45) is 1.59. The fourth-order valence-corrected chi connectivity index (χ4v) is 4.83. The van der Waals surface area contributed by atoms with E-state index in [1.165, 1.54) is 12.1 Å². The third-order valence-corrected chi connectivity index (χ3v) is 6.79. The summed E-state index contributed by atoms with van der Waals surface area (Å²) >= 11 is 0. The van der Waals surface area contributed by atoms with Gasteiger partial charge in [-0.05, 0) is 43.5 Å². The fraction of sp³-hybridized carbons (Fsp3) is 0.364. The Hall–Kier alpha value is -2.85. The van der Waals surface area contributed by atoms with Gasteiger partial charge in [0.1, 0.15) is 11.6 Å². The average molecular weight is 466 g/mol. The smallest absolute Gasteiger partial charge is 0.254 e. The molecular weight excluding hydrogens is 440 g/mol. The van der Waals surface area contributed by atoms with Crippen LogP contribution in [0.4, 0.5) is 8.78 Å². The molecule has 2 aromatic rings. The molecule has 172 valence electrons. The number of nitrogens with zero attached hydrogens (tertiary/aromatic N) is 1. The summed E-state index contributed by atoms with van der Waals surface area (Å²) in [6, 6.07) is 10.6. The molecule has 0 bridgehead atoms. The minimum atomic E-state index is -3.59. The lowest BCUT2D eigenvalue weighted by Crippen LogP contribution is -2.46. The number of halogens is 2. The molecule has 0 saturated carbocycles. The van der Waals surface area contributed by atoms with E-state index in [0.29, 0.717) is 38.4 Å². The van der Waals surface area contributed by atoms with E-state index in [9.17, 15) is 26.8 Å². The third kappa shape index (κ3) is 6.33. The number of amides is 2. The molecule has 1 fully saturated rings. The van der Waals surface area contributed by atoms with Crippen molar-refractivity contribution in [2.75, 3.05) is 19.6 Å². The number of likely N-dealkylation sites (tertiary alicyclic amines) is 1. The van der Waals surface area contributed by atoms with Crippen molar-refractivity contribution in [1.82, 2.24) is 14.9 Å². The van der Waals surface area contributed by atoms with E-state index in [0.717, 1.165) is 12.1 Å². The van der Waals surface area contributed by atoms with Gasteiger partial charge in [-0.3, -0.25) is 9.59 Å². The van der Waals surface area contributed by atoms with Crippen molar-refractivity contribution >= 4 is 21.8 Å². The molecule has 0 atom stereocenters. The van der Waals surface area contributed by atoms with Crippen molar-refractivity contribution in [2.45, 2.75) is 36.6 Å². The molecule has 0 aliphatic carbocycles. The minimum Gasteiger partial charge on any atom is -0.352 e. The molecule has 3 rings (SSSR count). The molecule has 0 spiro atoms. The second kappa shape index (κ2) is 10.6. The maximum Gasteiger partial charge on any atom is 0.254 e. The zero-order chi connectivity index (χ0) is 23.1. The topological polar surface area (TPSA) is 95.6 Å². The van der Waals surface area contributed by atoms with Crippen LogP contribution in [0.1, 0.15) is 36.0 Å². The highest BCUT2D eigenvalue weighted by molar-refractivity contribution is 7.89. The summed E-state index contributed by atoms with van der Waals surface area (Å²) in [5.41, 5.74) is -0.252. The van der Waals surface area contributed by atoms with Crippen LogP contribution >= 0.6 is 0 Å². The van der Waals surface area contributed by atoms with E-state index in [4.69, 9.17) is 0 Å². The van der Waals surface area contributed by atoms with Crippen LogP contribution in [0, 0.1) is 11.6 Å². The van der Waals surface area contributed by atoms with Crippen LogP contribution in [0.2, 0.25) is 0 Å². The highest BCUT2D eigenvalue weighted by Gasteiger charge is 2.26. The van der Waals surface area contributed by atoms with E-state index in [2.05, 4.69) is 10.0 Å². The number of carbonyl (C=O) groups excluding carboxylic acids is 2. The molecule has 2 N–H and O–H groups in total. The van der Waals surface area contributed by atoms with Crippen LogP contribution < -0.4 is 10.0 Å². The zero-order valence-electron chi connectivity index (χ0n) is 17.4. The molecule has 0 unspecified atom stereocenters. The number of rotatable bonds is 8. The maximum atomic E-state index is 13.6. The maximum absolute atomic E-state index is 13.6. The van der Waals surface area contributed by atoms with Crippen molar-refractivity contribution in [3.63, 3.8) is 0 Å². The summed E-state index contributed by atoms with van der Waals surface area (Å²) in [6.45, 7) is 1.05. The standard InChI is InChI=1S/C22H25F2N3O4S/c23-16-8-9-19(20(24)15-16)22(29)25-12-4-7-21(28)27-13-10-17(11-14-27)26-32(30,31)18-5-2-1-3-6-18/h1-3,5-6,8-9,15,17,26H,4,7,10-14H2,(H,25,29). The van der Waals surface area contributed by atoms with Gasteiger partial charge in [0.05, 0.1) is 10.5 Å². The van der Waals surface area contributed by atoms with Gasteiger partial charge in [-0.1, -0.05) is 18.2 Å². The predicted octanol–water partition coefficient (Wildman–Crippen LogP) is 2.44. The molecule has 7 nitrogen and oxygen atoms in total. The quantitative estimate of drug-likeness (QED) is 0.586. The van der Waals surface area contributed by atoms with E-state index >= 15 is 0 Å². The lowest BCUT2D eigenvalue weighted by Gasteiger charge is -2.32. The molecule has 1 heterocycles. The first-order chi connectivity index (χ1) is 15.3. The zero-order valence-corrected chi connectivity index (χ0v) is 18.2. The SMILES string of the molecule is O=C(NCCCC(=O)N1CCC(NS(=O)(=O)c2ccccc2)CC1)c1ccc(F)cc1F. The number of benzene rings is 2. The number of carbonyl (C=O) groups is 2. The van der Waals surface area contributed by atoms with Gasteiger partial charge in [0.2, 0.25) is 15.9 Å². The van der Waals surface area contributed by atoms with Crippen molar-refractivity contribution < 1.29 is 26.8 Å². The Morgan fingerprint density at radius 3 is 2.38 bits per heavy atom. The Labute approximate surface area is 185 Å². The monoisotopic (exact) mass is 465 g/mol. The number of sulfonamides is 1. The van der Waals surface area contributed by atoms with Gasteiger partial charge in [0.25, 0.3) is 5.91 Å². The molecule has 32 heavy (non-hydrogen) atoms. The Kier molecular flexibility index (Phi) is 7.92. The van der Waals surface area contributed by atoms with E-state index in [1.54, 1.807) is 23.1 Å². The van der Waals surface area contributed by atoms with Gasteiger partial charge in [0.15, 0.2) is 0 Å². The van der Waals surface area contributed by atoms with Crippen LogP contribution in [0.15, 0.2) is 53.4 Å². The minimum absolute atomic E-state index is 0.0865. The normalized spacial score (nSPS) is 14.9. The number of piperidine rings is 1. The second-order valence-corrected chi connectivity index (χ2v) is 9.29. The fourth-order valence-electron chi connectivity index (χ4n) is 3.50. The molecule has 2 amide bonds. The molecular formula is C22H25F2N3O4S. The number of hydrogen-bond acceptors (Lipinski definition) is 4. The van der Waals surface area contributed by atoms with Crippen LogP contribution in [-0.4, -0.2) is 50.8 Å². The van der Waals surface area contributed by atoms with Crippen molar-refractivity contribution in [3.05, 3.63) is 65.7 Å². The summed E-state index contributed by atoms with van der Waals surface area (Å²) in [7, 11) is -3.59. The van der Waals surface area contributed by atoms with Crippen LogP contribution in [-0.2, 0) is 14.8 Å². The van der Waals surface area contributed by atoms with Crippen molar-refractivity contribution in [3.8, 4) is 0 Å². The highest BCUT2D eigenvalue weighted by atomic mass is 32.2. The summed E-state index contributed by atoms with van der Waals surface area (Å²) < 4.78 is 54.1. The van der Waals surface area contributed by atoms with E-state index in [-0.39, 0.29) is 35.4 Å². The molecule has 2 aromatic carbocycles. The van der Waals surface area contributed by atoms with Crippen molar-refractivity contribution in [2.24, 2.45) is 0 Å². The van der Waals surface area contributed by atoms with Gasteiger partial charge < -0.3 is 10.2 Å². The summed E-state index contributed by atoms with van der Waals surface area (Å²) in [5, 5.41) is 2.52. The highest BCUT2D eigenvalue weighted by Crippen LogP contribution is 2.16. The second-order valence-electron chi connectivity index (χ2n) is 7.57. The van der Waals surface area contributed by atoms with Gasteiger partial charge >= 0.3 is 0 Å².